The third kappa shape index (κ3) is 3.20. The van der Waals surface area contributed by atoms with Crippen LogP contribution in [0.3, 0.4) is 0 Å². The maximum atomic E-state index is 8.03. The molecule has 0 saturated heterocycles. The van der Waals surface area contributed by atoms with Crippen molar-refractivity contribution >= 4 is 12.6 Å². The first-order valence-corrected chi connectivity index (χ1v) is 2.22. The molecule has 0 saturated carbocycles. The van der Waals surface area contributed by atoms with E-state index in [0.717, 1.165) is 0 Å². The Balaban J connectivity index is 3.57. The molecule has 0 aromatic carbocycles. The molecule has 0 rings (SSSR count). The van der Waals surface area contributed by atoms with Gasteiger partial charge in [-0.25, -0.2) is 0 Å². The monoisotopic (exact) mass is 114 g/mol. The van der Waals surface area contributed by atoms with E-state index in [2.05, 4.69) is 17.9 Å². The van der Waals surface area contributed by atoms with Crippen molar-refractivity contribution in [1.29, 1.82) is 5.26 Å². The lowest BCUT2D eigenvalue weighted by atomic mass is 10.7. The maximum Gasteiger partial charge on any atom is 0.107 e. The van der Waals surface area contributed by atoms with E-state index in [4.69, 9.17) is 5.26 Å². The molecule has 0 aromatic heterocycles. The molecule has 0 heterocycles. The van der Waals surface area contributed by atoms with Crippen molar-refractivity contribution in [3.63, 3.8) is 0 Å². The molecule has 0 aliphatic rings. The van der Waals surface area contributed by atoms with Gasteiger partial charge in [0.15, 0.2) is 0 Å². The number of thiol groups is 1. The number of rotatable bonds is 1. The first-order valence-electron chi connectivity index (χ1n) is 1.77. The van der Waals surface area contributed by atoms with Crippen LogP contribution in [0.1, 0.15) is 0 Å². The molecule has 0 spiro atoms. The standard InChI is InChI=1S/C4H6N2S/c1-6-3-4(7)2-5/h3,6-7H,1H3/b4-3+. The first-order chi connectivity index (χ1) is 3.31. The van der Waals surface area contributed by atoms with E-state index in [9.17, 15) is 0 Å². The molecule has 0 aromatic rings. The molecule has 0 fully saturated rings. The molecule has 0 unspecified atom stereocenters. The van der Waals surface area contributed by atoms with Gasteiger partial charge < -0.3 is 5.32 Å². The van der Waals surface area contributed by atoms with Crippen LogP contribution in [0, 0.1) is 11.3 Å². The van der Waals surface area contributed by atoms with E-state index in [0.29, 0.717) is 4.91 Å². The summed E-state index contributed by atoms with van der Waals surface area (Å²) in [6.45, 7) is 0. The molecule has 0 aliphatic carbocycles. The lowest BCUT2D eigenvalue weighted by Gasteiger charge is -1.81. The molecule has 0 aliphatic heterocycles. The normalized spacial score (nSPS) is 10.1. The first kappa shape index (κ1) is 6.38. The lowest BCUT2D eigenvalue weighted by Crippen LogP contribution is -1.91. The van der Waals surface area contributed by atoms with Gasteiger partial charge in [-0.1, -0.05) is 0 Å². The highest BCUT2D eigenvalue weighted by Gasteiger charge is 1.76. The average molecular weight is 114 g/mol. The summed E-state index contributed by atoms with van der Waals surface area (Å²) in [7, 11) is 1.72. The smallest absolute Gasteiger partial charge is 0.107 e. The van der Waals surface area contributed by atoms with E-state index in [-0.39, 0.29) is 0 Å². The summed E-state index contributed by atoms with van der Waals surface area (Å²) in [5, 5.41) is 10.7. The molecule has 0 radical (unpaired) electrons. The zero-order valence-electron chi connectivity index (χ0n) is 3.97. The Hall–Kier alpha value is -0.620. The van der Waals surface area contributed by atoms with Gasteiger partial charge in [-0.2, -0.15) is 5.26 Å². The second-order valence-electron chi connectivity index (χ2n) is 0.930. The van der Waals surface area contributed by atoms with E-state index >= 15 is 0 Å². The summed E-state index contributed by atoms with van der Waals surface area (Å²) >= 11 is 3.75. The molecule has 0 amide bonds. The molecular weight excluding hydrogens is 108 g/mol. The molecule has 1 N–H and O–H groups in total. The minimum absolute atomic E-state index is 0.391. The van der Waals surface area contributed by atoms with Crippen LogP contribution in [0.2, 0.25) is 0 Å². The molecule has 38 valence electrons. The van der Waals surface area contributed by atoms with Crippen molar-refractivity contribution in [3.05, 3.63) is 11.1 Å². The summed E-state index contributed by atoms with van der Waals surface area (Å²) in [6, 6.07) is 1.83. The Bertz CT molecular complexity index is 111. The number of hydrogen-bond acceptors (Lipinski definition) is 3. The van der Waals surface area contributed by atoms with Gasteiger partial charge in [0.2, 0.25) is 0 Å². The summed E-state index contributed by atoms with van der Waals surface area (Å²) in [6.07, 6.45) is 1.52. The summed E-state index contributed by atoms with van der Waals surface area (Å²) in [4.78, 5) is 0.391. The zero-order valence-corrected chi connectivity index (χ0v) is 4.87. The fraction of sp³-hybridized carbons (Fsp3) is 0.250. The van der Waals surface area contributed by atoms with Crippen molar-refractivity contribution in [2.24, 2.45) is 0 Å². The van der Waals surface area contributed by atoms with Crippen LogP contribution in [0.4, 0.5) is 0 Å². The number of nitrogens with one attached hydrogen (secondary N) is 1. The number of nitriles is 1. The zero-order chi connectivity index (χ0) is 5.70. The van der Waals surface area contributed by atoms with E-state index in [1.165, 1.54) is 6.20 Å². The van der Waals surface area contributed by atoms with Crippen molar-refractivity contribution in [2.75, 3.05) is 7.05 Å². The fourth-order valence-corrected chi connectivity index (χ4v) is 0.298. The number of allylic oxidation sites excluding steroid dienone is 1. The minimum atomic E-state index is 0.391. The maximum absolute atomic E-state index is 8.03. The van der Waals surface area contributed by atoms with E-state index in [1.807, 2.05) is 6.07 Å². The predicted molar refractivity (Wildman–Crippen MR) is 31.7 cm³/mol. The van der Waals surface area contributed by atoms with Gasteiger partial charge in [-0.3, -0.25) is 0 Å². The van der Waals surface area contributed by atoms with Crippen LogP contribution in [-0.4, -0.2) is 7.05 Å². The van der Waals surface area contributed by atoms with Crippen LogP contribution in [0.25, 0.3) is 0 Å². The van der Waals surface area contributed by atoms with Crippen LogP contribution < -0.4 is 5.32 Å². The van der Waals surface area contributed by atoms with Crippen LogP contribution in [0.5, 0.6) is 0 Å². The predicted octanol–water partition coefficient (Wildman–Crippen LogP) is 0.501. The highest BCUT2D eigenvalue weighted by molar-refractivity contribution is 7.84. The van der Waals surface area contributed by atoms with Crippen molar-refractivity contribution in [1.82, 2.24) is 5.32 Å². The molecule has 0 atom stereocenters. The third-order valence-electron chi connectivity index (χ3n) is 0.396. The van der Waals surface area contributed by atoms with Gasteiger partial charge in [0.05, 0.1) is 4.91 Å². The molecule has 7 heavy (non-hydrogen) atoms. The fourth-order valence-electron chi connectivity index (χ4n) is 0.169. The van der Waals surface area contributed by atoms with Crippen molar-refractivity contribution in [2.45, 2.75) is 0 Å². The molecular formula is C4H6N2S. The number of nitrogens with zero attached hydrogens (tertiary/aromatic N) is 1. The molecule has 2 nitrogen and oxygen atoms in total. The highest BCUT2D eigenvalue weighted by atomic mass is 32.1. The van der Waals surface area contributed by atoms with Gasteiger partial charge in [0, 0.05) is 13.2 Å². The van der Waals surface area contributed by atoms with E-state index in [1.54, 1.807) is 7.05 Å². The van der Waals surface area contributed by atoms with Gasteiger partial charge in [-0.05, 0) is 0 Å². The lowest BCUT2D eigenvalue weighted by molar-refractivity contribution is 1.10. The second kappa shape index (κ2) is 3.57. The minimum Gasteiger partial charge on any atom is -0.392 e. The van der Waals surface area contributed by atoms with Crippen LogP contribution >= 0.6 is 12.6 Å². The van der Waals surface area contributed by atoms with Crippen molar-refractivity contribution < 1.29 is 0 Å². The summed E-state index contributed by atoms with van der Waals surface area (Å²) in [5.74, 6) is 0. The molecule has 3 heteroatoms. The Labute approximate surface area is 48.2 Å². The second-order valence-corrected chi connectivity index (χ2v) is 1.41. The quantitative estimate of drug-likeness (QED) is 0.384. The van der Waals surface area contributed by atoms with Gasteiger partial charge in [-0.15, -0.1) is 12.6 Å². The van der Waals surface area contributed by atoms with Crippen LogP contribution in [-0.2, 0) is 0 Å². The van der Waals surface area contributed by atoms with Gasteiger partial charge >= 0.3 is 0 Å². The van der Waals surface area contributed by atoms with Crippen LogP contribution in [0.15, 0.2) is 11.1 Å². The van der Waals surface area contributed by atoms with E-state index < -0.39 is 0 Å². The van der Waals surface area contributed by atoms with Crippen molar-refractivity contribution in [3.8, 4) is 6.07 Å². The summed E-state index contributed by atoms with van der Waals surface area (Å²) < 4.78 is 0. The Morgan fingerprint density at radius 3 is 2.71 bits per heavy atom. The SMILES string of the molecule is CN/C=C(/S)C#N. The third-order valence-corrected chi connectivity index (χ3v) is 0.625. The average Bonchev–Trinajstić information content (AvgIpc) is 1.68. The number of hydrogen-bond donors (Lipinski definition) is 2. The topological polar surface area (TPSA) is 35.8 Å². The Morgan fingerprint density at radius 2 is 2.57 bits per heavy atom. The molecule has 0 bridgehead atoms. The van der Waals surface area contributed by atoms with Gasteiger partial charge in [0.1, 0.15) is 6.07 Å². The highest BCUT2D eigenvalue weighted by Crippen LogP contribution is 1.91. The Morgan fingerprint density at radius 1 is 2.00 bits per heavy atom. The van der Waals surface area contributed by atoms with Gasteiger partial charge in [0.25, 0.3) is 0 Å². The largest absolute Gasteiger partial charge is 0.392 e. The Kier molecular flexibility index (Phi) is 3.25. The summed E-state index contributed by atoms with van der Waals surface area (Å²) in [5.41, 5.74) is 0.